The predicted molar refractivity (Wildman–Crippen MR) is 70.6 cm³/mol. The van der Waals surface area contributed by atoms with E-state index in [9.17, 15) is 5.11 Å². The molecule has 1 N–H and O–H groups in total. The molecule has 1 aromatic rings. The van der Waals surface area contributed by atoms with Crippen LogP contribution < -0.4 is 0 Å². The second kappa shape index (κ2) is 5.19. The topological polar surface area (TPSA) is 23.5 Å². The third-order valence-electron chi connectivity index (χ3n) is 3.91. The summed E-state index contributed by atoms with van der Waals surface area (Å²) in [6.07, 6.45) is 4.53. The number of aliphatic hydroxyl groups is 1. The van der Waals surface area contributed by atoms with Crippen molar-refractivity contribution in [3.63, 3.8) is 0 Å². The Morgan fingerprint density at radius 3 is 2.59 bits per heavy atom. The predicted octanol–water partition coefficient (Wildman–Crippen LogP) is 3.12. The van der Waals surface area contributed by atoms with E-state index in [4.69, 9.17) is 0 Å². The molecule has 2 nitrogen and oxygen atoms in total. The smallest absolute Gasteiger partial charge is 0.144 e. The van der Waals surface area contributed by atoms with Crippen LogP contribution in [-0.2, 0) is 5.72 Å². The third-order valence-corrected chi connectivity index (χ3v) is 3.91. The molecule has 94 valence electrons. The quantitative estimate of drug-likeness (QED) is 0.805. The fourth-order valence-electron chi connectivity index (χ4n) is 3.15. The summed E-state index contributed by atoms with van der Waals surface area (Å²) < 4.78 is 0. The number of nitrogens with zero attached hydrogens (tertiary/aromatic N) is 1. The first-order valence-corrected chi connectivity index (χ1v) is 6.85. The van der Waals surface area contributed by atoms with Crippen molar-refractivity contribution >= 4 is 0 Å². The van der Waals surface area contributed by atoms with Crippen LogP contribution in [0.4, 0.5) is 0 Å². The molecular weight excluding hydrogens is 210 g/mol. The molecular formula is C15H23NO. The van der Waals surface area contributed by atoms with Crippen molar-refractivity contribution in [1.82, 2.24) is 4.90 Å². The summed E-state index contributed by atoms with van der Waals surface area (Å²) in [7, 11) is 0. The van der Waals surface area contributed by atoms with Gasteiger partial charge >= 0.3 is 0 Å². The van der Waals surface area contributed by atoms with Crippen molar-refractivity contribution in [3.05, 3.63) is 35.9 Å². The Balaban J connectivity index is 0.000000514. The largest absolute Gasteiger partial charge is 0.371 e. The molecule has 0 aliphatic carbocycles. The fraction of sp³-hybridized carbons (Fsp3) is 0.600. The number of benzene rings is 1. The molecule has 0 aromatic heterocycles. The maximum atomic E-state index is 10.8. The van der Waals surface area contributed by atoms with Crippen LogP contribution in [-0.4, -0.2) is 22.6 Å². The molecule has 0 saturated carbocycles. The molecule has 2 aliphatic rings. The average Bonchev–Trinajstić information content (AvgIpc) is 2.98. The molecule has 0 bridgehead atoms. The molecule has 2 unspecified atom stereocenters. The summed E-state index contributed by atoms with van der Waals surface area (Å²) in [5.41, 5.74) is 0.386. The van der Waals surface area contributed by atoms with Gasteiger partial charge in [0.1, 0.15) is 5.72 Å². The minimum atomic E-state index is -0.678. The summed E-state index contributed by atoms with van der Waals surface area (Å²) in [4.78, 5) is 2.29. The Morgan fingerprint density at radius 1 is 1.18 bits per heavy atom. The molecule has 2 saturated heterocycles. The highest BCUT2D eigenvalue weighted by atomic mass is 16.3. The number of rotatable bonds is 1. The second-order valence-electron chi connectivity index (χ2n) is 4.71. The van der Waals surface area contributed by atoms with Crippen molar-refractivity contribution in [2.75, 3.05) is 6.54 Å². The Labute approximate surface area is 104 Å². The Morgan fingerprint density at radius 2 is 1.88 bits per heavy atom. The van der Waals surface area contributed by atoms with Crippen LogP contribution in [0.2, 0.25) is 0 Å². The van der Waals surface area contributed by atoms with Gasteiger partial charge in [-0.05, 0) is 31.2 Å². The average molecular weight is 233 g/mol. The van der Waals surface area contributed by atoms with Gasteiger partial charge in [-0.15, -0.1) is 0 Å². The van der Waals surface area contributed by atoms with Crippen LogP contribution in [0.5, 0.6) is 0 Å². The van der Waals surface area contributed by atoms with Gasteiger partial charge in [0, 0.05) is 12.6 Å². The van der Waals surface area contributed by atoms with Gasteiger partial charge in [0.2, 0.25) is 0 Å². The van der Waals surface area contributed by atoms with E-state index in [1.54, 1.807) is 0 Å². The highest BCUT2D eigenvalue weighted by Gasteiger charge is 2.47. The lowest BCUT2D eigenvalue weighted by Gasteiger charge is -2.33. The monoisotopic (exact) mass is 233 g/mol. The fourth-order valence-corrected chi connectivity index (χ4v) is 3.15. The Bertz CT molecular complexity index is 351. The number of hydrogen-bond donors (Lipinski definition) is 1. The van der Waals surface area contributed by atoms with Crippen LogP contribution in [0, 0.1) is 0 Å². The van der Waals surface area contributed by atoms with Crippen molar-refractivity contribution in [2.45, 2.75) is 51.3 Å². The first kappa shape index (κ1) is 12.6. The summed E-state index contributed by atoms with van der Waals surface area (Å²) >= 11 is 0. The first-order valence-electron chi connectivity index (χ1n) is 6.85. The summed E-state index contributed by atoms with van der Waals surface area (Å²) in [6, 6.07) is 10.7. The van der Waals surface area contributed by atoms with E-state index in [-0.39, 0.29) is 0 Å². The maximum absolute atomic E-state index is 10.8. The van der Waals surface area contributed by atoms with E-state index in [1.165, 1.54) is 12.8 Å². The standard InChI is InChI=1S/C13H17NO.C2H6/c15-13(11-5-2-1-3-6-11)9-8-12-7-4-10-14(12)13;1-2/h1-3,5-6,12,15H,4,7-10H2;1-2H3. The van der Waals surface area contributed by atoms with Crippen LogP contribution in [0.15, 0.2) is 30.3 Å². The van der Waals surface area contributed by atoms with Crippen LogP contribution in [0.3, 0.4) is 0 Å². The molecule has 2 heteroatoms. The van der Waals surface area contributed by atoms with Crippen LogP contribution >= 0.6 is 0 Å². The van der Waals surface area contributed by atoms with Crippen LogP contribution in [0.1, 0.15) is 45.1 Å². The van der Waals surface area contributed by atoms with Gasteiger partial charge < -0.3 is 5.11 Å². The molecule has 1 aromatic carbocycles. The normalized spacial score (nSPS) is 31.8. The molecule has 0 radical (unpaired) electrons. The van der Waals surface area contributed by atoms with Gasteiger partial charge in [-0.2, -0.15) is 0 Å². The van der Waals surface area contributed by atoms with Gasteiger partial charge in [0.15, 0.2) is 0 Å². The van der Waals surface area contributed by atoms with E-state index in [0.29, 0.717) is 6.04 Å². The molecule has 3 rings (SSSR count). The SMILES string of the molecule is CC.OC1(c2ccccc2)CCC2CCCN21. The zero-order valence-corrected chi connectivity index (χ0v) is 10.9. The van der Waals surface area contributed by atoms with Gasteiger partial charge in [-0.3, -0.25) is 4.90 Å². The molecule has 2 fully saturated rings. The summed E-state index contributed by atoms with van der Waals surface area (Å²) in [6.45, 7) is 5.05. The zero-order valence-electron chi connectivity index (χ0n) is 10.9. The van der Waals surface area contributed by atoms with Crippen molar-refractivity contribution in [2.24, 2.45) is 0 Å². The van der Waals surface area contributed by atoms with E-state index >= 15 is 0 Å². The van der Waals surface area contributed by atoms with E-state index in [1.807, 2.05) is 44.2 Å². The van der Waals surface area contributed by atoms with Gasteiger partial charge in [-0.1, -0.05) is 44.2 Å². The first-order chi connectivity index (χ1) is 8.31. The lowest BCUT2D eigenvalue weighted by atomic mass is 9.99. The minimum absolute atomic E-state index is 0.621. The number of fused-ring (bicyclic) bond motifs is 1. The molecule has 2 aliphatic heterocycles. The maximum Gasteiger partial charge on any atom is 0.144 e. The van der Waals surface area contributed by atoms with Crippen molar-refractivity contribution in [1.29, 1.82) is 0 Å². The molecule has 0 amide bonds. The van der Waals surface area contributed by atoms with Crippen molar-refractivity contribution < 1.29 is 5.11 Å². The molecule has 2 heterocycles. The van der Waals surface area contributed by atoms with Crippen LogP contribution in [0.25, 0.3) is 0 Å². The van der Waals surface area contributed by atoms with Crippen molar-refractivity contribution in [3.8, 4) is 0 Å². The lowest BCUT2D eigenvalue weighted by molar-refractivity contribution is -0.0893. The number of hydrogen-bond acceptors (Lipinski definition) is 2. The molecule has 0 spiro atoms. The lowest BCUT2D eigenvalue weighted by Crippen LogP contribution is -2.42. The highest BCUT2D eigenvalue weighted by molar-refractivity contribution is 5.24. The Kier molecular flexibility index (Phi) is 3.85. The van der Waals surface area contributed by atoms with Gasteiger partial charge in [0.25, 0.3) is 0 Å². The summed E-state index contributed by atoms with van der Waals surface area (Å²) in [5.74, 6) is 0. The Hall–Kier alpha value is -0.860. The zero-order chi connectivity index (χ0) is 12.3. The summed E-state index contributed by atoms with van der Waals surface area (Å²) in [5, 5.41) is 10.8. The highest BCUT2D eigenvalue weighted by Crippen LogP contribution is 2.44. The van der Waals surface area contributed by atoms with E-state index in [2.05, 4.69) is 4.90 Å². The third kappa shape index (κ3) is 2.12. The second-order valence-corrected chi connectivity index (χ2v) is 4.71. The van der Waals surface area contributed by atoms with E-state index in [0.717, 1.165) is 24.9 Å². The van der Waals surface area contributed by atoms with E-state index < -0.39 is 5.72 Å². The molecule has 17 heavy (non-hydrogen) atoms. The molecule has 2 atom stereocenters. The minimum Gasteiger partial charge on any atom is -0.371 e. The van der Waals surface area contributed by atoms with Gasteiger partial charge in [-0.25, -0.2) is 0 Å². The van der Waals surface area contributed by atoms with Gasteiger partial charge in [0.05, 0.1) is 0 Å².